The summed E-state index contributed by atoms with van der Waals surface area (Å²) in [6.07, 6.45) is 3.12. The van der Waals surface area contributed by atoms with Gasteiger partial charge >= 0.3 is 0 Å². The Balaban J connectivity index is 0.000000424. The van der Waals surface area contributed by atoms with E-state index in [1.165, 1.54) is 6.42 Å². The molecule has 13 heavy (non-hydrogen) atoms. The molecule has 0 atom stereocenters. The van der Waals surface area contributed by atoms with E-state index in [2.05, 4.69) is 24.9 Å². The molecule has 0 spiro atoms. The molecule has 0 fully saturated rings. The molecule has 0 unspecified atom stereocenters. The lowest BCUT2D eigenvalue weighted by Gasteiger charge is -2.10. The molecule has 1 aromatic heterocycles. The van der Waals surface area contributed by atoms with Crippen molar-refractivity contribution in [3.8, 4) is 0 Å². The van der Waals surface area contributed by atoms with Crippen LogP contribution < -0.4 is 4.90 Å². The van der Waals surface area contributed by atoms with Gasteiger partial charge in [0.15, 0.2) is 0 Å². The molecule has 0 saturated carbocycles. The van der Waals surface area contributed by atoms with E-state index in [4.69, 9.17) is 0 Å². The van der Waals surface area contributed by atoms with Crippen LogP contribution in [0.2, 0.25) is 0 Å². The standard InChI is InChI=1S/C8H12N2.C3H8/c1-7-4-5-8(6-9-7)10(2)3;1-3-2/h4-6H,1-3H3;3H2,1-2H3. The van der Waals surface area contributed by atoms with Gasteiger partial charge in [-0.2, -0.15) is 0 Å². The minimum absolute atomic E-state index is 1.06. The molecule has 1 rings (SSSR count). The summed E-state index contributed by atoms with van der Waals surface area (Å²) in [5, 5.41) is 0. The zero-order chi connectivity index (χ0) is 10.3. The van der Waals surface area contributed by atoms with E-state index in [0.717, 1.165) is 11.4 Å². The Morgan fingerprint density at radius 1 is 1.23 bits per heavy atom. The van der Waals surface area contributed by atoms with Crippen LogP contribution in [-0.2, 0) is 0 Å². The fourth-order valence-electron chi connectivity index (χ4n) is 0.725. The third-order valence-corrected chi connectivity index (χ3v) is 1.41. The van der Waals surface area contributed by atoms with Gasteiger partial charge < -0.3 is 4.90 Å². The van der Waals surface area contributed by atoms with Crippen LogP contribution in [0.5, 0.6) is 0 Å². The summed E-state index contributed by atoms with van der Waals surface area (Å²) in [6, 6.07) is 4.07. The Morgan fingerprint density at radius 2 is 1.77 bits per heavy atom. The third kappa shape index (κ3) is 5.23. The van der Waals surface area contributed by atoms with Gasteiger partial charge in [0.2, 0.25) is 0 Å². The van der Waals surface area contributed by atoms with Crippen molar-refractivity contribution in [2.45, 2.75) is 27.2 Å². The van der Waals surface area contributed by atoms with Gasteiger partial charge in [-0.25, -0.2) is 0 Å². The molecule has 0 aromatic carbocycles. The van der Waals surface area contributed by atoms with Gasteiger partial charge in [-0.1, -0.05) is 20.3 Å². The minimum Gasteiger partial charge on any atom is -0.376 e. The van der Waals surface area contributed by atoms with E-state index >= 15 is 0 Å². The Morgan fingerprint density at radius 3 is 2.08 bits per heavy atom. The summed E-state index contributed by atoms with van der Waals surface area (Å²) in [5.74, 6) is 0. The van der Waals surface area contributed by atoms with E-state index in [9.17, 15) is 0 Å². The van der Waals surface area contributed by atoms with Crippen LogP contribution in [0.1, 0.15) is 26.0 Å². The number of aromatic nitrogens is 1. The molecular weight excluding hydrogens is 160 g/mol. The van der Waals surface area contributed by atoms with Crippen LogP contribution in [0.15, 0.2) is 18.3 Å². The molecule has 0 aliphatic rings. The first-order valence-corrected chi connectivity index (χ1v) is 4.71. The fraction of sp³-hybridized carbons (Fsp3) is 0.545. The van der Waals surface area contributed by atoms with E-state index in [1.54, 1.807) is 0 Å². The molecular formula is C11H20N2. The highest BCUT2D eigenvalue weighted by atomic mass is 15.1. The Kier molecular flexibility index (Phi) is 5.94. The van der Waals surface area contributed by atoms with Gasteiger partial charge in [-0.15, -0.1) is 0 Å². The maximum absolute atomic E-state index is 4.16. The van der Waals surface area contributed by atoms with Gasteiger partial charge in [0, 0.05) is 19.8 Å². The highest BCUT2D eigenvalue weighted by Gasteiger charge is 1.91. The van der Waals surface area contributed by atoms with Crippen molar-refractivity contribution in [3.63, 3.8) is 0 Å². The van der Waals surface area contributed by atoms with Gasteiger partial charge in [0.05, 0.1) is 11.9 Å². The van der Waals surface area contributed by atoms with Crippen molar-refractivity contribution in [3.05, 3.63) is 24.0 Å². The maximum Gasteiger partial charge on any atom is 0.0547 e. The fourth-order valence-corrected chi connectivity index (χ4v) is 0.725. The smallest absolute Gasteiger partial charge is 0.0547 e. The molecule has 0 saturated heterocycles. The molecule has 0 aliphatic heterocycles. The zero-order valence-corrected chi connectivity index (χ0v) is 9.33. The third-order valence-electron chi connectivity index (χ3n) is 1.41. The maximum atomic E-state index is 4.16. The number of rotatable bonds is 1. The lowest BCUT2D eigenvalue weighted by Crippen LogP contribution is -2.08. The molecule has 0 radical (unpaired) electrons. The number of pyridine rings is 1. The molecule has 1 heterocycles. The average molecular weight is 180 g/mol. The summed E-state index contributed by atoms with van der Waals surface area (Å²) < 4.78 is 0. The Bertz CT molecular complexity index is 214. The summed E-state index contributed by atoms with van der Waals surface area (Å²) in [4.78, 5) is 6.19. The first-order chi connectivity index (χ1) is 6.11. The number of aryl methyl sites for hydroxylation is 1. The SMILES string of the molecule is CCC.Cc1ccc(N(C)C)cn1. The summed E-state index contributed by atoms with van der Waals surface area (Å²) in [5.41, 5.74) is 2.20. The number of hydrogen-bond donors (Lipinski definition) is 0. The molecule has 1 aromatic rings. The summed E-state index contributed by atoms with van der Waals surface area (Å²) in [7, 11) is 4.01. The lowest BCUT2D eigenvalue weighted by molar-refractivity contribution is 1.09. The second-order valence-corrected chi connectivity index (χ2v) is 3.26. The van der Waals surface area contributed by atoms with Crippen molar-refractivity contribution >= 4 is 5.69 Å². The van der Waals surface area contributed by atoms with Gasteiger partial charge in [-0.3, -0.25) is 4.98 Å². The molecule has 2 heteroatoms. The topological polar surface area (TPSA) is 16.1 Å². The first-order valence-electron chi connectivity index (χ1n) is 4.71. The second-order valence-electron chi connectivity index (χ2n) is 3.26. The number of anilines is 1. The largest absolute Gasteiger partial charge is 0.376 e. The van der Waals surface area contributed by atoms with Crippen LogP contribution in [0.3, 0.4) is 0 Å². The minimum atomic E-state index is 1.06. The average Bonchev–Trinajstić information content (AvgIpc) is 2.06. The van der Waals surface area contributed by atoms with Crippen LogP contribution in [0.4, 0.5) is 5.69 Å². The van der Waals surface area contributed by atoms with Gasteiger partial charge in [0.25, 0.3) is 0 Å². The highest BCUT2D eigenvalue weighted by molar-refractivity contribution is 5.42. The van der Waals surface area contributed by atoms with Crippen LogP contribution in [0.25, 0.3) is 0 Å². The second kappa shape index (κ2) is 6.46. The molecule has 2 nitrogen and oxygen atoms in total. The number of nitrogens with zero attached hydrogens (tertiary/aromatic N) is 2. The normalized spacial score (nSPS) is 8.69. The van der Waals surface area contributed by atoms with Gasteiger partial charge in [-0.05, 0) is 19.1 Å². The van der Waals surface area contributed by atoms with Crippen LogP contribution in [0, 0.1) is 6.92 Å². The quantitative estimate of drug-likeness (QED) is 0.660. The Hall–Kier alpha value is -1.05. The van der Waals surface area contributed by atoms with Crippen molar-refractivity contribution in [1.82, 2.24) is 4.98 Å². The van der Waals surface area contributed by atoms with Crippen molar-refractivity contribution in [1.29, 1.82) is 0 Å². The van der Waals surface area contributed by atoms with E-state index in [1.807, 2.05) is 38.2 Å². The molecule has 0 amide bonds. The molecule has 0 bridgehead atoms. The van der Waals surface area contributed by atoms with Crippen LogP contribution >= 0.6 is 0 Å². The number of hydrogen-bond acceptors (Lipinski definition) is 2. The van der Waals surface area contributed by atoms with Crippen molar-refractivity contribution < 1.29 is 0 Å². The monoisotopic (exact) mass is 180 g/mol. The zero-order valence-electron chi connectivity index (χ0n) is 9.33. The predicted molar refractivity (Wildman–Crippen MR) is 59.3 cm³/mol. The van der Waals surface area contributed by atoms with Crippen molar-refractivity contribution in [2.24, 2.45) is 0 Å². The van der Waals surface area contributed by atoms with E-state index < -0.39 is 0 Å². The Labute approximate surface area is 81.6 Å². The summed E-state index contributed by atoms with van der Waals surface area (Å²) >= 11 is 0. The molecule has 74 valence electrons. The molecule has 0 N–H and O–H groups in total. The van der Waals surface area contributed by atoms with E-state index in [-0.39, 0.29) is 0 Å². The lowest BCUT2D eigenvalue weighted by atomic mass is 10.3. The molecule has 0 aliphatic carbocycles. The van der Waals surface area contributed by atoms with Gasteiger partial charge in [0.1, 0.15) is 0 Å². The highest BCUT2D eigenvalue weighted by Crippen LogP contribution is 2.07. The summed E-state index contributed by atoms with van der Waals surface area (Å²) in [6.45, 7) is 6.24. The predicted octanol–water partition coefficient (Wildman–Crippen LogP) is 2.87. The van der Waals surface area contributed by atoms with Crippen LogP contribution in [-0.4, -0.2) is 19.1 Å². The first kappa shape index (κ1) is 11.9. The van der Waals surface area contributed by atoms with E-state index in [0.29, 0.717) is 0 Å². The van der Waals surface area contributed by atoms with Crippen molar-refractivity contribution in [2.75, 3.05) is 19.0 Å².